The molecule has 0 unspecified atom stereocenters. The third-order valence-corrected chi connectivity index (χ3v) is 6.53. The topological polar surface area (TPSA) is 153 Å². The van der Waals surface area contributed by atoms with Gasteiger partial charge in [-0.3, -0.25) is 14.9 Å². The molecule has 0 radical (unpaired) electrons. The first-order valence-corrected chi connectivity index (χ1v) is 14.0. The fourth-order valence-corrected chi connectivity index (χ4v) is 4.27. The highest BCUT2D eigenvalue weighted by Crippen LogP contribution is 2.39. The molecule has 5 aromatic rings. The van der Waals surface area contributed by atoms with E-state index in [2.05, 4.69) is 21.4 Å². The van der Waals surface area contributed by atoms with Crippen molar-refractivity contribution in [3.05, 3.63) is 135 Å². The molecule has 1 N–H and O–H groups in total. The summed E-state index contributed by atoms with van der Waals surface area (Å²) < 4.78 is 18.0. The molecule has 1 aromatic heterocycles. The predicted molar refractivity (Wildman–Crippen MR) is 169 cm³/mol. The van der Waals surface area contributed by atoms with Gasteiger partial charge in [0.05, 0.1) is 16.6 Å². The Morgan fingerprint density at radius 1 is 0.891 bits per heavy atom. The zero-order chi connectivity index (χ0) is 32.5. The summed E-state index contributed by atoms with van der Waals surface area (Å²) in [5.41, 5.74) is 1.80. The van der Waals surface area contributed by atoms with Crippen molar-refractivity contribution in [3.63, 3.8) is 0 Å². The van der Waals surface area contributed by atoms with E-state index >= 15 is 0 Å². The number of nitro groups is 1. The van der Waals surface area contributed by atoms with Gasteiger partial charge in [-0.1, -0.05) is 66.7 Å². The number of hydrogen-bond acceptors (Lipinski definition) is 10. The fraction of sp³-hybridized carbons (Fsp3) is 0.118. The first-order valence-electron chi connectivity index (χ1n) is 14.0. The van der Waals surface area contributed by atoms with Crippen LogP contribution < -0.4 is 19.5 Å². The van der Waals surface area contributed by atoms with E-state index in [9.17, 15) is 20.2 Å². The van der Waals surface area contributed by atoms with Crippen molar-refractivity contribution in [3.8, 4) is 35.2 Å². The number of benzene rings is 4. The lowest BCUT2D eigenvalue weighted by atomic mass is 10.2. The summed E-state index contributed by atoms with van der Waals surface area (Å²) in [7, 11) is 3.22. The van der Waals surface area contributed by atoms with E-state index in [1.54, 1.807) is 44.4 Å². The van der Waals surface area contributed by atoms with Crippen LogP contribution in [-0.2, 0) is 13.2 Å². The summed E-state index contributed by atoms with van der Waals surface area (Å²) in [6.07, 6.45) is 0. The van der Waals surface area contributed by atoms with E-state index in [0.717, 1.165) is 11.1 Å². The first kappa shape index (κ1) is 31.0. The number of ether oxygens (including phenoxy) is 3. The molecule has 1 amide bonds. The standard InChI is InChI=1S/C34H28N6O6/c1-39(2)33(41)26-14-9-15-27(19-26)45-32-30(40(42)43)31(36-21-23-10-5-3-6-11-23)37-34(38-32)46-29-18-25(20-35)16-17-28(29)44-22-24-12-7-4-8-13-24/h3-19H,21-22H2,1-2H3,(H,36,37,38). The minimum atomic E-state index is -0.661. The monoisotopic (exact) mass is 616 g/mol. The summed E-state index contributed by atoms with van der Waals surface area (Å²) in [6, 6.07) is 31.3. The average molecular weight is 617 g/mol. The van der Waals surface area contributed by atoms with Crippen molar-refractivity contribution >= 4 is 17.4 Å². The van der Waals surface area contributed by atoms with Crippen LogP contribution in [0.4, 0.5) is 11.5 Å². The number of anilines is 1. The first-order chi connectivity index (χ1) is 22.3. The lowest BCUT2D eigenvalue weighted by Crippen LogP contribution is -2.21. The van der Waals surface area contributed by atoms with Crippen LogP contribution in [0.25, 0.3) is 0 Å². The Kier molecular flexibility index (Phi) is 9.64. The van der Waals surface area contributed by atoms with Crippen LogP contribution in [0.5, 0.6) is 29.1 Å². The van der Waals surface area contributed by atoms with Crippen molar-refractivity contribution in [2.45, 2.75) is 13.2 Å². The molecule has 0 aliphatic heterocycles. The van der Waals surface area contributed by atoms with Gasteiger partial charge in [0.15, 0.2) is 11.5 Å². The van der Waals surface area contributed by atoms with Crippen molar-refractivity contribution in [2.24, 2.45) is 0 Å². The Balaban J connectivity index is 1.55. The average Bonchev–Trinajstić information content (AvgIpc) is 3.07. The second kappa shape index (κ2) is 14.3. The van der Waals surface area contributed by atoms with Gasteiger partial charge in [0.1, 0.15) is 12.4 Å². The molecule has 0 atom stereocenters. The number of carbonyl (C=O) groups excluding carboxylic acids is 1. The van der Waals surface area contributed by atoms with Crippen molar-refractivity contribution in [2.75, 3.05) is 19.4 Å². The molecule has 0 spiro atoms. The number of amides is 1. The highest BCUT2D eigenvalue weighted by atomic mass is 16.6. The molecule has 230 valence electrons. The molecular weight excluding hydrogens is 588 g/mol. The summed E-state index contributed by atoms with van der Waals surface area (Å²) in [5.74, 6) is -0.339. The zero-order valence-corrected chi connectivity index (χ0v) is 24.9. The third-order valence-electron chi connectivity index (χ3n) is 6.53. The number of nitrogens with zero attached hydrogens (tertiary/aromatic N) is 5. The predicted octanol–water partition coefficient (Wildman–Crippen LogP) is 6.73. The molecule has 12 heteroatoms. The minimum Gasteiger partial charge on any atom is -0.485 e. The second-order valence-electron chi connectivity index (χ2n) is 10.1. The summed E-state index contributed by atoms with van der Waals surface area (Å²) in [6.45, 7) is 0.407. The van der Waals surface area contributed by atoms with E-state index in [1.807, 2.05) is 60.7 Å². The molecule has 5 rings (SSSR count). The Hall–Kier alpha value is -6.48. The summed E-state index contributed by atoms with van der Waals surface area (Å²) in [4.78, 5) is 34.3. The van der Waals surface area contributed by atoms with Gasteiger partial charge in [-0.05, 0) is 41.5 Å². The van der Waals surface area contributed by atoms with Gasteiger partial charge in [0.25, 0.3) is 5.91 Å². The van der Waals surface area contributed by atoms with E-state index in [1.165, 1.54) is 17.0 Å². The maximum absolute atomic E-state index is 12.6. The number of aromatic nitrogens is 2. The highest BCUT2D eigenvalue weighted by Gasteiger charge is 2.29. The summed E-state index contributed by atoms with van der Waals surface area (Å²) >= 11 is 0. The van der Waals surface area contributed by atoms with Gasteiger partial charge < -0.3 is 24.4 Å². The zero-order valence-electron chi connectivity index (χ0n) is 24.9. The van der Waals surface area contributed by atoms with Crippen LogP contribution in [0.1, 0.15) is 27.0 Å². The number of nitrogens with one attached hydrogen (secondary N) is 1. The quantitative estimate of drug-likeness (QED) is 0.118. The molecular formula is C34H28N6O6. The molecule has 46 heavy (non-hydrogen) atoms. The summed E-state index contributed by atoms with van der Waals surface area (Å²) in [5, 5.41) is 24.9. The van der Waals surface area contributed by atoms with Crippen LogP contribution in [0.3, 0.4) is 0 Å². The van der Waals surface area contributed by atoms with Crippen LogP contribution in [0.2, 0.25) is 0 Å². The smallest absolute Gasteiger partial charge is 0.373 e. The van der Waals surface area contributed by atoms with Gasteiger partial charge in [-0.2, -0.15) is 15.2 Å². The normalized spacial score (nSPS) is 10.4. The van der Waals surface area contributed by atoms with Crippen LogP contribution >= 0.6 is 0 Å². The van der Waals surface area contributed by atoms with Gasteiger partial charge in [0.2, 0.25) is 5.82 Å². The van der Waals surface area contributed by atoms with Crippen molar-refractivity contribution in [1.82, 2.24) is 14.9 Å². The Labute approximate surface area is 264 Å². The maximum Gasteiger partial charge on any atom is 0.373 e. The molecule has 0 fully saturated rings. The molecule has 0 aliphatic rings. The van der Waals surface area contributed by atoms with E-state index in [4.69, 9.17) is 14.2 Å². The van der Waals surface area contributed by atoms with Crippen LogP contribution in [0.15, 0.2) is 103 Å². The molecule has 0 saturated carbocycles. The maximum atomic E-state index is 12.6. The Morgan fingerprint density at radius 2 is 1.61 bits per heavy atom. The number of carbonyl (C=O) groups is 1. The van der Waals surface area contributed by atoms with Gasteiger partial charge >= 0.3 is 17.6 Å². The molecule has 0 saturated heterocycles. The van der Waals surface area contributed by atoms with E-state index < -0.39 is 16.5 Å². The van der Waals surface area contributed by atoms with Gasteiger partial charge in [-0.15, -0.1) is 0 Å². The van der Waals surface area contributed by atoms with Gasteiger partial charge in [-0.25, -0.2) is 0 Å². The minimum absolute atomic E-state index is 0.113. The number of hydrogen-bond donors (Lipinski definition) is 1. The van der Waals surface area contributed by atoms with E-state index in [-0.39, 0.29) is 47.9 Å². The highest BCUT2D eigenvalue weighted by molar-refractivity contribution is 5.94. The van der Waals surface area contributed by atoms with Crippen LogP contribution in [0, 0.1) is 21.4 Å². The van der Waals surface area contributed by atoms with Crippen molar-refractivity contribution in [1.29, 1.82) is 5.26 Å². The molecule has 4 aromatic carbocycles. The Bertz CT molecular complexity index is 1890. The molecule has 1 heterocycles. The molecule has 0 bridgehead atoms. The second-order valence-corrected chi connectivity index (χ2v) is 10.1. The SMILES string of the molecule is CN(C)C(=O)c1cccc(Oc2nc(Oc3cc(C#N)ccc3OCc3ccccc3)nc(NCc3ccccc3)c2[N+](=O)[O-])c1. The molecule has 0 aliphatic carbocycles. The van der Waals surface area contributed by atoms with Crippen molar-refractivity contribution < 1.29 is 23.9 Å². The third kappa shape index (κ3) is 7.72. The Morgan fingerprint density at radius 3 is 2.28 bits per heavy atom. The lowest BCUT2D eigenvalue weighted by Gasteiger charge is -2.15. The largest absolute Gasteiger partial charge is 0.485 e. The van der Waals surface area contributed by atoms with E-state index in [0.29, 0.717) is 11.3 Å². The fourth-order valence-electron chi connectivity index (χ4n) is 4.27. The van der Waals surface area contributed by atoms with Crippen LogP contribution in [-0.4, -0.2) is 39.8 Å². The number of nitriles is 1. The molecule has 12 nitrogen and oxygen atoms in total. The van der Waals surface area contributed by atoms with Gasteiger partial charge in [0, 0.05) is 32.3 Å². The lowest BCUT2D eigenvalue weighted by molar-refractivity contribution is -0.385. The number of rotatable bonds is 12.